The van der Waals surface area contributed by atoms with Gasteiger partial charge in [-0.1, -0.05) is 11.6 Å². The van der Waals surface area contributed by atoms with Gasteiger partial charge < -0.3 is 19.6 Å². The Kier molecular flexibility index (Phi) is 5.19. The van der Waals surface area contributed by atoms with Gasteiger partial charge in [0, 0.05) is 18.9 Å². The van der Waals surface area contributed by atoms with Gasteiger partial charge in [-0.15, -0.1) is 0 Å². The number of methoxy groups -OCH3 is 1. The van der Waals surface area contributed by atoms with Crippen molar-refractivity contribution in [2.45, 2.75) is 25.8 Å². The number of phenolic OH excluding ortho intramolecular Hbond substituents is 1. The second kappa shape index (κ2) is 6.75. The lowest BCUT2D eigenvalue weighted by atomic mass is 10.1. The SMILES string of the molecule is CC[N+]1(C)CCCC1CNC(=O)c1cc(Cl)c(O)cc1OC. The molecule has 1 aliphatic rings. The molecule has 2 rings (SSSR count). The summed E-state index contributed by atoms with van der Waals surface area (Å²) in [5.41, 5.74) is 0.342. The number of hydrogen-bond donors (Lipinski definition) is 2. The molecule has 0 radical (unpaired) electrons. The topological polar surface area (TPSA) is 58.6 Å². The van der Waals surface area contributed by atoms with Crippen molar-refractivity contribution in [2.24, 2.45) is 0 Å². The summed E-state index contributed by atoms with van der Waals surface area (Å²) in [4.78, 5) is 12.4. The summed E-state index contributed by atoms with van der Waals surface area (Å²) in [5, 5.41) is 12.7. The second-order valence-electron chi connectivity index (χ2n) is 6.03. The van der Waals surface area contributed by atoms with Gasteiger partial charge >= 0.3 is 0 Å². The predicted molar refractivity (Wildman–Crippen MR) is 86.6 cm³/mol. The van der Waals surface area contributed by atoms with Crippen molar-refractivity contribution < 1.29 is 19.1 Å². The summed E-state index contributed by atoms with van der Waals surface area (Å²) in [6.45, 7) is 5.04. The summed E-state index contributed by atoms with van der Waals surface area (Å²) < 4.78 is 6.15. The van der Waals surface area contributed by atoms with Crippen LogP contribution in [0.5, 0.6) is 11.5 Å². The lowest BCUT2D eigenvalue weighted by molar-refractivity contribution is -0.918. The Morgan fingerprint density at radius 1 is 1.55 bits per heavy atom. The van der Waals surface area contributed by atoms with Crippen LogP contribution >= 0.6 is 11.6 Å². The number of carbonyl (C=O) groups excluding carboxylic acids is 1. The minimum absolute atomic E-state index is 0.0962. The van der Waals surface area contributed by atoms with Crippen LogP contribution in [0.15, 0.2) is 12.1 Å². The summed E-state index contributed by atoms with van der Waals surface area (Å²) in [7, 11) is 3.70. The number of nitrogens with zero attached hydrogens (tertiary/aromatic N) is 1. The maximum absolute atomic E-state index is 12.4. The highest BCUT2D eigenvalue weighted by molar-refractivity contribution is 6.32. The first-order valence-electron chi connectivity index (χ1n) is 7.60. The van der Waals surface area contributed by atoms with Gasteiger partial charge in [-0.3, -0.25) is 4.79 Å². The third kappa shape index (κ3) is 3.31. The van der Waals surface area contributed by atoms with Crippen LogP contribution in [-0.2, 0) is 0 Å². The number of benzene rings is 1. The molecule has 1 fully saturated rings. The Balaban J connectivity index is 2.08. The van der Waals surface area contributed by atoms with Crippen molar-refractivity contribution in [2.75, 3.05) is 33.8 Å². The van der Waals surface area contributed by atoms with E-state index in [1.54, 1.807) is 0 Å². The number of ether oxygens (including phenoxy) is 1. The van der Waals surface area contributed by atoms with Crippen molar-refractivity contribution in [3.8, 4) is 11.5 Å². The number of phenols is 1. The molecule has 0 bridgehead atoms. The molecule has 122 valence electrons. The average Bonchev–Trinajstić information content (AvgIpc) is 2.88. The Morgan fingerprint density at radius 3 is 2.91 bits per heavy atom. The summed E-state index contributed by atoms with van der Waals surface area (Å²) >= 11 is 5.89. The Bertz CT molecular complexity index is 565. The molecule has 0 aliphatic carbocycles. The van der Waals surface area contributed by atoms with Crippen LogP contribution in [0.4, 0.5) is 0 Å². The number of hydrogen-bond acceptors (Lipinski definition) is 3. The molecule has 0 saturated carbocycles. The molecule has 2 atom stereocenters. The van der Waals surface area contributed by atoms with Crippen molar-refractivity contribution in [3.63, 3.8) is 0 Å². The van der Waals surface area contributed by atoms with Crippen LogP contribution in [0, 0.1) is 0 Å². The maximum atomic E-state index is 12.4. The van der Waals surface area contributed by atoms with Gasteiger partial charge in [0.15, 0.2) is 0 Å². The van der Waals surface area contributed by atoms with Crippen molar-refractivity contribution in [1.29, 1.82) is 0 Å². The number of amides is 1. The fraction of sp³-hybridized carbons (Fsp3) is 0.562. The first-order valence-corrected chi connectivity index (χ1v) is 7.98. The zero-order valence-electron chi connectivity index (χ0n) is 13.4. The van der Waals surface area contributed by atoms with Gasteiger partial charge in [0.05, 0.1) is 44.4 Å². The molecule has 6 heteroatoms. The third-order valence-electron chi connectivity index (χ3n) is 4.82. The van der Waals surface area contributed by atoms with Gasteiger partial charge in [0.1, 0.15) is 17.5 Å². The van der Waals surface area contributed by atoms with Crippen molar-refractivity contribution >= 4 is 17.5 Å². The number of quaternary nitrogens is 1. The minimum atomic E-state index is -0.228. The van der Waals surface area contributed by atoms with Gasteiger partial charge in [-0.25, -0.2) is 0 Å². The van der Waals surface area contributed by atoms with Crippen LogP contribution in [0.2, 0.25) is 5.02 Å². The quantitative estimate of drug-likeness (QED) is 0.817. The highest BCUT2D eigenvalue weighted by Gasteiger charge is 2.36. The number of likely N-dealkylation sites (tertiary alicyclic amines) is 1. The second-order valence-corrected chi connectivity index (χ2v) is 6.44. The fourth-order valence-corrected chi connectivity index (χ4v) is 3.28. The minimum Gasteiger partial charge on any atom is -0.506 e. The molecule has 1 heterocycles. The maximum Gasteiger partial charge on any atom is 0.255 e. The molecular formula is C16H24ClN2O3+. The molecule has 1 aliphatic heterocycles. The first kappa shape index (κ1) is 16.9. The predicted octanol–water partition coefficient (Wildman–Crippen LogP) is 2.41. The molecule has 1 aromatic carbocycles. The number of rotatable bonds is 5. The molecule has 1 saturated heterocycles. The number of halogens is 1. The Morgan fingerprint density at radius 2 is 2.27 bits per heavy atom. The zero-order chi connectivity index (χ0) is 16.3. The fourth-order valence-electron chi connectivity index (χ4n) is 3.12. The lowest BCUT2D eigenvalue weighted by Gasteiger charge is -2.35. The molecule has 22 heavy (non-hydrogen) atoms. The normalized spacial score (nSPS) is 24.3. The third-order valence-corrected chi connectivity index (χ3v) is 5.12. The molecule has 2 N–H and O–H groups in total. The van der Waals surface area contributed by atoms with Crippen LogP contribution in [0.1, 0.15) is 30.1 Å². The smallest absolute Gasteiger partial charge is 0.255 e. The summed E-state index contributed by atoms with van der Waals surface area (Å²) in [6.07, 6.45) is 2.32. The van der Waals surface area contributed by atoms with Crippen molar-refractivity contribution in [3.05, 3.63) is 22.7 Å². The number of carbonyl (C=O) groups is 1. The monoisotopic (exact) mass is 327 g/mol. The van der Waals surface area contributed by atoms with E-state index >= 15 is 0 Å². The van der Waals surface area contributed by atoms with Crippen LogP contribution in [0.3, 0.4) is 0 Å². The van der Waals surface area contributed by atoms with Crippen LogP contribution in [0.25, 0.3) is 0 Å². The molecule has 5 nitrogen and oxygen atoms in total. The van der Waals surface area contributed by atoms with E-state index in [9.17, 15) is 9.90 Å². The van der Waals surface area contributed by atoms with E-state index in [4.69, 9.17) is 16.3 Å². The van der Waals surface area contributed by atoms with Crippen molar-refractivity contribution in [1.82, 2.24) is 5.32 Å². The van der Waals surface area contributed by atoms with E-state index in [0.29, 0.717) is 23.9 Å². The Labute approximate surface area is 136 Å². The molecule has 0 spiro atoms. The van der Waals surface area contributed by atoms with Gasteiger partial charge in [-0.05, 0) is 13.0 Å². The Hall–Kier alpha value is -1.46. The zero-order valence-corrected chi connectivity index (χ0v) is 14.1. The lowest BCUT2D eigenvalue weighted by Crippen LogP contribution is -2.52. The molecule has 0 aromatic heterocycles. The van der Waals surface area contributed by atoms with Crippen LogP contribution < -0.4 is 10.1 Å². The van der Waals surface area contributed by atoms with E-state index in [1.165, 1.54) is 25.7 Å². The average molecular weight is 328 g/mol. The molecular weight excluding hydrogens is 304 g/mol. The van der Waals surface area contributed by atoms with E-state index in [-0.39, 0.29) is 16.7 Å². The number of aromatic hydroxyl groups is 1. The largest absolute Gasteiger partial charge is 0.506 e. The van der Waals surface area contributed by atoms with E-state index in [1.807, 2.05) is 0 Å². The molecule has 1 amide bonds. The number of nitrogens with one attached hydrogen (secondary N) is 1. The highest BCUT2D eigenvalue weighted by Crippen LogP contribution is 2.31. The van der Waals surface area contributed by atoms with E-state index in [0.717, 1.165) is 24.0 Å². The van der Waals surface area contributed by atoms with Gasteiger partial charge in [-0.2, -0.15) is 0 Å². The summed E-state index contributed by atoms with van der Waals surface area (Å²) in [5.74, 6) is -0.00653. The van der Waals surface area contributed by atoms with Gasteiger partial charge in [0.2, 0.25) is 0 Å². The van der Waals surface area contributed by atoms with Crippen LogP contribution in [-0.4, -0.2) is 55.3 Å². The van der Waals surface area contributed by atoms with E-state index < -0.39 is 0 Å². The molecule has 2 unspecified atom stereocenters. The standard InChI is InChI=1S/C16H23ClN2O3/c1-4-19(2)7-5-6-11(19)10-18-16(21)12-8-13(17)14(20)9-15(12)22-3/h8-9,11H,4-7,10H2,1-3H3,(H-,18,20,21)/p+1. The number of likely N-dealkylation sites (N-methyl/N-ethyl adjacent to an activating group) is 1. The van der Waals surface area contributed by atoms with Gasteiger partial charge in [0.25, 0.3) is 5.91 Å². The highest BCUT2D eigenvalue weighted by atomic mass is 35.5. The summed E-state index contributed by atoms with van der Waals surface area (Å²) in [6, 6.07) is 3.24. The van der Waals surface area contributed by atoms with E-state index in [2.05, 4.69) is 19.3 Å². The molecule has 1 aromatic rings. The first-order chi connectivity index (χ1) is 10.4.